The number of rotatable bonds is 3. The molecule has 3 nitrogen and oxygen atoms in total. The summed E-state index contributed by atoms with van der Waals surface area (Å²) in [7, 11) is 0. The Morgan fingerprint density at radius 3 is 2.80 bits per heavy atom. The van der Waals surface area contributed by atoms with Gasteiger partial charge in [-0.15, -0.1) is 0 Å². The second-order valence-electron chi connectivity index (χ2n) is 3.89. The van der Waals surface area contributed by atoms with Gasteiger partial charge in [-0.1, -0.05) is 18.2 Å². The molecule has 1 heterocycles. The maximum absolute atomic E-state index is 6.12. The molecule has 1 aromatic heterocycles. The number of aromatic amines is 1. The summed E-state index contributed by atoms with van der Waals surface area (Å²) >= 11 is 0. The molecule has 2 rings (SSSR count). The molecule has 1 aromatic carbocycles. The zero-order valence-electron chi connectivity index (χ0n) is 8.96. The number of aryl methyl sites for hydroxylation is 1. The normalized spacial score (nSPS) is 13.3. The second kappa shape index (κ2) is 4.04. The van der Waals surface area contributed by atoms with Crippen molar-refractivity contribution in [1.82, 2.24) is 4.98 Å². The molecule has 0 saturated carbocycles. The monoisotopic (exact) mass is 203 g/mol. The van der Waals surface area contributed by atoms with Crippen LogP contribution < -0.4 is 11.5 Å². The van der Waals surface area contributed by atoms with E-state index < -0.39 is 0 Å². The summed E-state index contributed by atoms with van der Waals surface area (Å²) in [6.45, 7) is 2.69. The second-order valence-corrected chi connectivity index (χ2v) is 3.89. The van der Waals surface area contributed by atoms with Gasteiger partial charge in [0, 0.05) is 22.6 Å². The zero-order valence-corrected chi connectivity index (χ0v) is 8.96. The third kappa shape index (κ3) is 1.76. The number of nitrogens with two attached hydrogens (primary N) is 2. The molecule has 0 fully saturated rings. The maximum atomic E-state index is 6.12. The molecule has 0 amide bonds. The fraction of sp³-hybridized carbons (Fsp3) is 0.333. The summed E-state index contributed by atoms with van der Waals surface area (Å²) in [5.74, 6) is 0. The Morgan fingerprint density at radius 2 is 2.07 bits per heavy atom. The fourth-order valence-corrected chi connectivity index (χ4v) is 2.10. The summed E-state index contributed by atoms with van der Waals surface area (Å²) in [6, 6.07) is 8.27. The van der Waals surface area contributed by atoms with Crippen molar-refractivity contribution in [3.05, 3.63) is 35.5 Å². The van der Waals surface area contributed by atoms with Crippen molar-refractivity contribution < 1.29 is 0 Å². The average Bonchev–Trinajstić information content (AvgIpc) is 2.54. The van der Waals surface area contributed by atoms with E-state index >= 15 is 0 Å². The third-order valence-corrected chi connectivity index (χ3v) is 2.79. The van der Waals surface area contributed by atoms with Crippen LogP contribution in [0.4, 0.5) is 0 Å². The lowest BCUT2D eigenvalue weighted by Gasteiger charge is -2.10. The topological polar surface area (TPSA) is 67.8 Å². The van der Waals surface area contributed by atoms with Gasteiger partial charge >= 0.3 is 0 Å². The molecule has 0 radical (unpaired) electrons. The van der Waals surface area contributed by atoms with Crippen LogP contribution >= 0.6 is 0 Å². The van der Waals surface area contributed by atoms with Crippen molar-refractivity contribution in [3.63, 3.8) is 0 Å². The van der Waals surface area contributed by atoms with Crippen LogP contribution in [0.2, 0.25) is 0 Å². The molecule has 1 unspecified atom stereocenters. The van der Waals surface area contributed by atoms with Crippen LogP contribution in [0.25, 0.3) is 10.9 Å². The Kier molecular flexibility index (Phi) is 2.75. The van der Waals surface area contributed by atoms with Crippen molar-refractivity contribution in [2.24, 2.45) is 11.5 Å². The highest BCUT2D eigenvalue weighted by molar-refractivity contribution is 5.85. The number of para-hydroxylation sites is 1. The SMILES string of the molecule is Cc1[nH]c2ccccc2c1C(N)CCN. The standard InChI is InChI=1S/C12H17N3/c1-8-12(10(14)6-7-13)9-4-2-3-5-11(9)15-8/h2-5,10,15H,6-7,13-14H2,1H3. The van der Waals surface area contributed by atoms with Crippen molar-refractivity contribution in [2.45, 2.75) is 19.4 Å². The highest BCUT2D eigenvalue weighted by Crippen LogP contribution is 2.27. The molecule has 0 aliphatic heterocycles. The summed E-state index contributed by atoms with van der Waals surface area (Å²) in [4.78, 5) is 3.35. The van der Waals surface area contributed by atoms with E-state index in [0.29, 0.717) is 6.54 Å². The number of H-pyrrole nitrogens is 1. The lowest BCUT2D eigenvalue weighted by atomic mass is 10.0. The molecule has 15 heavy (non-hydrogen) atoms. The van der Waals surface area contributed by atoms with Gasteiger partial charge in [0.05, 0.1) is 0 Å². The number of fused-ring (bicyclic) bond motifs is 1. The van der Waals surface area contributed by atoms with Gasteiger partial charge in [0.25, 0.3) is 0 Å². The van der Waals surface area contributed by atoms with E-state index in [9.17, 15) is 0 Å². The number of benzene rings is 1. The van der Waals surface area contributed by atoms with Gasteiger partial charge in [-0.2, -0.15) is 0 Å². The fourth-order valence-electron chi connectivity index (χ4n) is 2.10. The molecule has 0 aliphatic rings. The molecule has 1 atom stereocenters. The predicted octanol–water partition coefficient (Wildman–Crippen LogP) is 1.82. The number of hydrogen-bond acceptors (Lipinski definition) is 2. The Balaban J connectivity index is 2.53. The van der Waals surface area contributed by atoms with E-state index in [1.54, 1.807) is 0 Å². The molecule has 0 bridgehead atoms. The summed E-state index contributed by atoms with van der Waals surface area (Å²) in [5, 5.41) is 1.22. The molecular formula is C12H17N3. The minimum atomic E-state index is 0.0335. The minimum Gasteiger partial charge on any atom is -0.358 e. The van der Waals surface area contributed by atoms with Crippen molar-refractivity contribution in [2.75, 3.05) is 6.54 Å². The lowest BCUT2D eigenvalue weighted by Crippen LogP contribution is -2.15. The van der Waals surface area contributed by atoms with Gasteiger partial charge in [-0.25, -0.2) is 0 Å². The van der Waals surface area contributed by atoms with Crippen LogP contribution in [0.1, 0.15) is 23.7 Å². The molecule has 3 heteroatoms. The number of aromatic nitrogens is 1. The first kappa shape index (κ1) is 10.2. The number of hydrogen-bond donors (Lipinski definition) is 3. The molecule has 80 valence electrons. The maximum Gasteiger partial charge on any atom is 0.0459 e. The molecule has 5 N–H and O–H groups in total. The lowest BCUT2D eigenvalue weighted by molar-refractivity contribution is 0.662. The van der Waals surface area contributed by atoms with E-state index in [-0.39, 0.29) is 6.04 Å². The van der Waals surface area contributed by atoms with Crippen molar-refractivity contribution >= 4 is 10.9 Å². The van der Waals surface area contributed by atoms with Gasteiger partial charge in [0.1, 0.15) is 0 Å². The minimum absolute atomic E-state index is 0.0335. The van der Waals surface area contributed by atoms with Crippen LogP contribution in [0, 0.1) is 6.92 Å². The van der Waals surface area contributed by atoms with E-state index in [4.69, 9.17) is 11.5 Å². The van der Waals surface area contributed by atoms with E-state index in [1.807, 2.05) is 12.1 Å². The van der Waals surface area contributed by atoms with Gasteiger partial charge < -0.3 is 16.5 Å². The van der Waals surface area contributed by atoms with Gasteiger partial charge in [-0.3, -0.25) is 0 Å². The zero-order chi connectivity index (χ0) is 10.8. The van der Waals surface area contributed by atoms with Gasteiger partial charge in [-0.05, 0) is 31.5 Å². The van der Waals surface area contributed by atoms with Crippen LogP contribution in [0.5, 0.6) is 0 Å². The Labute approximate surface area is 89.5 Å². The molecule has 0 spiro atoms. The molecule has 0 saturated heterocycles. The van der Waals surface area contributed by atoms with E-state index in [2.05, 4.69) is 24.0 Å². The van der Waals surface area contributed by atoms with Gasteiger partial charge in [0.2, 0.25) is 0 Å². The quantitative estimate of drug-likeness (QED) is 0.712. The smallest absolute Gasteiger partial charge is 0.0459 e. The van der Waals surface area contributed by atoms with Crippen LogP contribution in [0.15, 0.2) is 24.3 Å². The van der Waals surface area contributed by atoms with Crippen molar-refractivity contribution in [1.29, 1.82) is 0 Å². The average molecular weight is 203 g/mol. The predicted molar refractivity (Wildman–Crippen MR) is 63.6 cm³/mol. The number of nitrogens with one attached hydrogen (secondary N) is 1. The largest absolute Gasteiger partial charge is 0.358 e. The first-order valence-electron chi connectivity index (χ1n) is 5.27. The van der Waals surface area contributed by atoms with Crippen LogP contribution in [-0.4, -0.2) is 11.5 Å². The van der Waals surface area contributed by atoms with E-state index in [1.165, 1.54) is 10.9 Å². The summed E-state index contributed by atoms with van der Waals surface area (Å²) < 4.78 is 0. The Morgan fingerprint density at radius 1 is 1.33 bits per heavy atom. The summed E-state index contributed by atoms with van der Waals surface area (Å²) in [5.41, 5.74) is 15.2. The highest BCUT2D eigenvalue weighted by atomic mass is 14.7. The molecule has 2 aromatic rings. The van der Waals surface area contributed by atoms with Crippen molar-refractivity contribution in [3.8, 4) is 0 Å². The van der Waals surface area contributed by atoms with Crippen LogP contribution in [-0.2, 0) is 0 Å². The third-order valence-electron chi connectivity index (χ3n) is 2.79. The van der Waals surface area contributed by atoms with Gasteiger partial charge in [0.15, 0.2) is 0 Å². The highest BCUT2D eigenvalue weighted by Gasteiger charge is 2.13. The molecular weight excluding hydrogens is 186 g/mol. The Hall–Kier alpha value is -1.32. The summed E-state index contributed by atoms with van der Waals surface area (Å²) in [6.07, 6.45) is 0.822. The molecule has 0 aliphatic carbocycles. The first-order valence-corrected chi connectivity index (χ1v) is 5.27. The van der Waals surface area contributed by atoms with Crippen LogP contribution in [0.3, 0.4) is 0 Å². The first-order chi connectivity index (χ1) is 7.24. The Bertz CT molecular complexity index is 459. The van der Waals surface area contributed by atoms with E-state index in [0.717, 1.165) is 17.6 Å².